The lowest BCUT2D eigenvalue weighted by Crippen LogP contribution is -2.40. The van der Waals surface area contributed by atoms with Gasteiger partial charge in [0.15, 0.2) is 5.78 Å². The van der Waals surface area contributed by atoms with Crippen molar-refractivity contribution in [1.29, 1.82) is 0 Å². The molecule has 28 heavy (non-hydrogen) atoms. The molecule has 1 aliphatic rings. The molecule has 0 bridgehead atoms. The second-order valence-corrected chi connectivity index (χ2v) is 7.68. The average molecular weight is 380 g/mol. The van der Waals surface area contributed by atoms with Crippen molar-refractivity contribution in [3.63, 3.8) is 0 Å². The fourth-order valence-electron chi connectivity index (χ4n) is 3.91. The number of piperidine rings is 1. The molecule has 1 amide bonds. The second-order valence-electron chi connectivity index (χ2n) is 7.68. The van der Waals surface area contributed by atoms with Crippen LogP contribution in [-0.2, 0) is 11.2 Å². The van der Waals surface area contributed by atoms with Crippen LogP contribution >= 0.6 is 0 Å². The topological polar surface area (TPSA) is 46.6 Å². The van der Waals surface area contributed by atoms with Crippen molar-refractivity contribution in [2.45, 2.75) is 39.5 Å². The van der Waals surface area contributed by atoms with E-state index in [4.69, 9.17) is 4.74 Å². The van der Waals surface area contributed by atoms with E-state index >= 15 is 0 Å². The molecule has 3 rings (SSSR count). The number of amides is 1. The molecule has 0 radical (unpaired) electrons. The van der Waals surface area contributed by atoms with Crippen LogP contribution in [0.5, 0.6) is 5.75 Å². The lowest BCUT2D eigenvalue weighted by molar-refractivity contribution is -0.132. The van der Waals surface area contributed by atoms with Gasteiger partial charge < -0.3 is 9.64 Å². The van der Waals surface area contributed by atoms with Crippen molar-refractivity contribution in [1.82, 2.24) is 4.90 Å². The number of carbonyl (C=O) groups is 2. The lowest BCUT2D eigenvalue weighted by Gasteiger charge is -2.31. The third-order valence-electron chi connectivity index (χ3n) is 5.70. The maximum atomic E-state index is 12.7. The number of aryl methyl sites for hydroxylation is 3. The molecule has 0 spiro atoms. The highest BCUT2D eigenvalue weighted by Crippen LogP contribution is 2.24. The van der Waals surface area contributed by atoms with Crippen LogP contribution in [0.25, 0.3) is 0 Å². The zero-order chi connectivity index (χ0) is 20.1. The molecule has 4 heteroatoms. The van der Waals surface area contributed by atoms with Crippen molar-refractivity contribution >= 4 is 11.7 Å². The zero-order valence-electron chi connectivity index (χ0n) is 17.0. The van der Waals surface area contributed by atoms with Crippen molar-refractivity contribution in [3.05, 3.63) is 64.7 Å². The molecule has 1 saturated heterocycles. The fourth-order valence-corrected chi connectivity index (χ4v) is 3.91. The van der Waals surface area contributed by atoms with Crippen molar-refractivity contribution in [3.8, 4) is 5.75 Å². The minimum atomic E-state index is -0.00297. The number of benzene rings is 2. The number of rotatable bonds is 6. The van der Waals surface area contributed by atoms with Crippen LogP contribution in [0.4, 0.5) is 0 Å². The molecule has 2 aromatic carbocycles. The number of ether oxygens (including phenoxy) is 1. The third-order valence-corrected chi connectivity index (χ3v) is 5.70. The molecule has 1 fully saturated rings. The highest BCUT2D eigenvalue weighted by Gasteiger charge is 2.27. The number of hydrogen-bond acceptors (Lipinski definition) is 3. The van der Waals surface area contributed by atoms with Gasteiger partial charge >= 0.3 is 0 Å². The molecule has 0 aliphatic carbocycles. The summed E-state index contributed by atoms with van der Waals surface area (Å²) >= 11 is 0. The predicted molar refractivity (Wildman–Crippen MR) is 111 cm³/mol. The summed E-state index contributed by atoms with van der Waals surface area (Å²) in [5, 5.41) is 0. The Hall–Kier alpha value is -2.62. The molecule has 1 aliphatic heterocycles. The van der Waals surface area contributed by atoms with Gasteiger partial charge in [0.25, 0.3) is 0 Å². The molecule has 0 atom stereocenters. The highest BCUT2D eigenvalue weighted by molar-refractivity contribution is 5.98. The molecule has 4 nitrogen and oxygen atoms in total. The van der Waals surface area contributed by atoms with Gasteiger partial charge in [-0.25, -0.2) is 0 Å². The van der Waals surface area contributed by atoms with Gasteiger partial charge in [-0.3, -0.25) is 9.59 Å². The number of nitrogens with zero attached hydrogens (tertiary/aromatic N) is 1. The molecule has 0 N–H and O–H groups in total. The van der Waals surface area contributed by atoms with E-state index in [2.05, 4.69) is 32.0 Å². The number of likely N-dealkylation sites (tertiary alicyclic amines) is 1. The summed E-state index contributed by atoms with van der Waals surface area (Å²) < 4.78 is 5.15. The third kappa shape index (κ3) is 4.80. The van der Waals surface area contributed by atoms with Crippen LogP contribution in [0.1, 0.15) is 46.3 Å². The Morgan fingerprint density at radius 2 is 1.71 bits per heavy atom. The van der Waals surface area contributed by atoms with Gasteiger partial charge in [-0.15, -0.1) is 0 Å². The van der Waals surface area contributed by atoms with E-state index in [1.165, 1.54) is 16.7 Å². The van der Waals surface area contributed by atoms with Gasteiger partial charge in [0.05, 0.1) is 7.11 Å². The quantitative estimate of drug-likeness (QED) is 0.701. The number of ketones is 1. The van der Waals surface area contributed by atoms with Crippen LogP contribution < -0.4 is 4.74 Å². The smallest absolute Gasteiger partial charge is 0.222 e. The monoisotopic (exact) mass is 379 g/mol. The van der Waals surface area contributed by atoms with Crippen LogP contribution in [0, 0.1) is 19.8 Å². The number of Topliss-reactive ketones (excluding diaryl/α,β-unsaturated/α-hetero) is 1. The van der Waals surface area contributed by atoms with Gasteiger partial charge in [-0.2, -0.15) is 0 Å². The van der Waals surface area contributed by atoms with E-state index in [-0.39, 0.29) is 17.6 Å². The summed E-state index contributed by atoms with van der Waals surface area (Å²) in [6.45, 7) is 5.51. The summed E-state index contributed by atoms with van der Waals surface area (Å²) in [7, 11) is 1.61. The van der Waals surface area contributed by atoms with Gasteiger partial charge in [-0.1, -0.05) is 23.8 Å². The van der Waals surface area contributed by atoms with E-state index in [9.17, 15) is 9.59 Å². The average Bonchev–Trinajstić information content (AvgIpc) is 2.72. The van der Waals surface area contributed by atoms with Crippen molar-refractivity contribution in [2.75, 3.05) is 20.2 Å². The summed E-state index contributed by atoms with van der Waals surface area (Å²) in [5.74, 6) is 1.11. The number of methoxy groups -OCH3 is 1. The SMILES string of the molecule is COc1ccc(C(=O)C2CCN(C(=O)CCc3ccc(C)cc3C)CC2)cc1. The first-order valence-electron chi connectivity index (χ1n) is 10.00. The normalized spacial score (nSPS) is 14.8. The number of carbonyl (C=O) groups excluding carboxylic acids is 2. The Bertz CT molecular complexity index is 833. The summed E-state index contributed by atoms with van der Waals surface area (Å²) in [6, 6.07) is 13.7. The standard InChI is InChI=1S/C24H29NO3/c1-17-4-5-19(18(2)16-17)8-11-23(26)25-14-12-21(13-15-25)24(27)20-6-9-22(28-3)10-7-20/h4-7,9-10,16,21H,8,11-15H2,1-3H3. The van der Waals surface area contributed by atoms with Crippen LogP contribution in [-0.4, -0.2) is 36.8 Å². The first kappa shape index (κ1) is 20.1. The van der Waals surface area contributed by atoms with Gasteiger partial charge in [0.1, 0.15) is 5.75 Å². The molecule has 1 heterocycles. The minimum absolute atomic E-state index is 0.00297. The molecule has 0 saturated carbocycles. The van der Waals surface area contributed by atoms with Crippen molar-refractivity contribution < 1.29 is 14.3 Å². The molecule has 0 unspecified atom stereocenters. The largest absolute Gasteiger partial charge is 0.497 e. The Morgan fingerprint density at radius 1 is 1.04 bits per heavy atom. The van der Waals surface area contributed by atoms with E-state index in [1.54, 1.807) is 7.11 Å². The fraction of sp³-hybridized carbons (Fsp3) is 0.417. The van der Waals surface area contributed by atoms with Gasteiger partial charge in [0.2, 0.25) is 5.91 Å². The lowest BCUT2D eigenvalue weighted by atomic mass is 9.88. The van der Waals surface area contributed by atoms with Gasteiger partial charge in [0, 0.05) is 31.0 Å². The number of hydrogen-bond donors (Lipinski definition) is 0. The Morgan fingerprint density at radius 3 is 2.32 bits per heavy atom. The zero-order valence-corrected chi connectivity index (χ0v) is 17.0. The van der Waals surface area contributed by atoms with E-state index < -0.39 is 0 Å². The molecule has 0 aromatic heterocycles. The van der Waals surface area contributed by atoms with E-state index in [1.807, 2.05) is 29.2 Å². The van der Waals surface area contributed by atoms with E-state index in [0.29, 0.717) is 19.5 Å². The summed E-state index contributed by atoms with van der Waals surface area (Å²) in [5.41, 5.74) is 4.46. The van der Waals surface area contributed by atoms with Crippen LogP contribution in [0.3, 0.4) is 0 Å². The minimum Gasteiger partial charge on any atom is -0.497 e. The van der Waals surface area contributed by atoms with Crippen molar-refractivity contribution in [2.24, 2.45) is 5.92 Å². The van der Waals surface area contributed by atoms with Crippen LogP contribution in [0.2, 0.25) is 0 Å². The summed E-state index contributed by atoms with van der Waals surface area (Å²) in [4.78, 5) is 27.2. The maximum Gasteiger partial charge on any atom is 0.222 e. The Kier molecular flexibility index (Phi) is 6.50. The maximum absolute atomic E-state index is 12.7. The predicted octanol–water partition coefficient (Wildman–Crippen LogP) is 4.37. The summed E-state index contributed by atoms with van der Waals surface area (Å²) in [6.07, 6.45) is 2.77. The van der Waals surface area contributed by atoms with Gasteiger partial charge in [-0.05, 0) is 68.5 Å². The first-order valence-corrected chi connectivity index (χ1v) is 10.00. The highest BCUT2D eigenvalue weighted by atomic mass is 16.5. The Labute approximate surface area is 167 Å². The molecule has 148 valence electrons. The first-order chi connectivity index (χ1) is 13.5. The molecular weight excluding hydrogens is 350 g/mol. The molecular formula is C24H29NO3. The van der Waals surface area contributed by atoms with E-state index in [0.717, 1.165) is 30.6 Å². The second kappa shape index (κ2) is 9.05. The Balaban J connectivity index is 1.49. The van der Waals surface area contributed by atoms with Crippen LogP contribution in [0.15, 0.2) is 42.5 Å². The molecule has 2 aromatic rings.